The lowest BCUT2D eigenvalue weighted by Gasteiger charge is -2.24. The summed E-state index contributed by atoms with van der Waals surface area (Å²) in [6.45, 7) is 0. The van der Waals surface area contributed by atoms with E-state index in [1.165, 1.54) is 12.2 Å². The van der Waals surface area contributed by atoms with Gasteiger partial charge in [0.05, 0.1) is 18.1 Å². The molecule has 2 amide bonds. The number of amides is 2. The van der Waals surface area contributed by atoms with Crippen molar-refractivity contribution in [2.45, 2.75) is 50.0 Å². The Morgan fingerprint density at radius 2 is 1.31 bits per heavy atom. The predicted octanol–water partition coefficient (Wildman–Crippen LogP) is 2.00. The van der Waals surface area contributed by atoms with E-state index in [1.54, 1.807) is 24.3 Å². The van der Waals surface area contributed by atoms with Gasteiger partial charge in [-0.15, -0.1) is 0 Å². The van der Waals surface area contributed by atoms with E-state index in [-0.39, 0.29) is 31.1 Å². The summed E-state index contributed by atoms with van der Waals surface area (Å²) >= 11 is 0. The van der Waals surface area contributed by atoms with Crippen molar-refractivity contribution >= 4 is 11.8 Å². The molecule has 0 aliphatic rings. The Morgan fingerprint density at radius 1 is 0.769 bits per heavy atom. The van der Waals surface area contributed by atoms with Gasteiger partial charge in [0.25, 0.3) is 0 Å². The molecule has 0 fully saturated rings. The molecular formula is C31H37N3O5. The molecule has 206 valence electrons. The molecule has 39 heavy (non-hydrogen) atoms. The van der Waals surface area contributed by atoms with Gasteiger partial charge >= 0.3 is 0 Å². The van der Waals surface area contributed by atoms with Crippen molar-refractivity contribution in [1.29, 1.82) is 0 Å². The van der Waals surface area contributed by atoms with Gasteiger partial charge in [-0.25, -0.2) is 0 Å². The normalized spacial score (nSPS) is 15.3. The summed E-state index contributed by atoms with van der Waals surface area (Å²) in [6, 6.07) is 23.8. The predicted molar refractivity (Wildman–Crippen MR) is 150 cm³/mol. The minimum absolute atomic E-state index is 0.167. The number of carbonyl (C=O) groups is 2. The number of nitrogens with one attached hydrogen (secondary N) is 1. The second-order valence-corrected chi connectivity index (χ2v) is 9.76. The summed E-state index contributed by atoms with van der Waals surface area (Å²) in [6.07, 6.45) is 1.82. The van der Waals surface area contributed by atoms with Crippen molar-refractivity contribution in [2.75, 3.05) is 0 Å². The van der Waals surface area contributed by atoms with Crippen molar-refractivity contribution in [2.24, 2.45) is 17.4 Å². The molecule has 0 aliphatic carbocycles. The van der Waals surface area contributed by atoms with Gasteiger partial charge in [0.2, 0.25) is 11.8 Å². The first kappa shape index (κ1) is 29.6. The van der Waals surface area contributed by atoms with Crippen LogP contribution in [0.5, 0.6) is 5.75 Å². The lowest BCUT2D eigenvalue weighted by atomic mass is 9.91. The number of benzene rings is 3. The Balaban J connectivity index is 1.67. The largest absolute Gasteiger partial charge is 0.508 e. The van der Waals surface area contributed by atoms with Crippen LogP contribution in [0.15, 0.2) is 97.1 Å². The van der Waals surface area contributed by atoms with Gasteiger partial charge < -0.3 is 32.1 Å². The third kappa shape index (κ3) is 10.0. The van der Waals surface area contributed by atoms with Gasteiger partial charge in [0, 0.05) is 12.5 Å². The SMILES string of the molecule is NC(=O)[C@H](Cc1ccccc1)NC(=O)[C@H](Cc1ccccc1)[C@@H](O)/C=C/[C@H](O)C[C@@H](N)Cc1ccc(O)cc1. The van der Waals surface area contributed by atoms with Gasteiger partial charge in [-0.3, -0.25) is 9.59 Å². The quantitative estimate of drug-likeness (QED) is 0.175. The van der Waals surface area contributed by atoms with Crippen molar-refractivity contribution < 1.29 is 24.9 Å². The zero-order chi connectivity index (χ0) is 28.2. The maximum atomic E-state index is 13.3. The summed E-state index contributed by atoms with van der Waals surface area (Å²) in [4.78, 5) is 25.5. The Labute approximate surface area is 229 Å². The Morgan fingerprint density at radius 3 is 1.87 bits per heavy atom. The van der Waals surface area contributed by atoms with Crippen LogP contribution in [0.4, 0.5) is 0 Å². The highest BCUT2D eigenvalue weighted by molar-refractivity contribution is 5.88. The fourth-order valence-electron chi connectivity index (χ4n) is 4.37. The topological polar surface area (TPSA) is 159 Å². The first-order valence-electron chi connectivity index (χ1n) is 13.0. The van der Waals surface area contributed by atoms with E-state index in [0.717, 1.165) is 16.7 Å². The van der Waals surface area contributed by atoms with Crippen LogP contribution >= 0.6 is 0 Å². The zero-order valence-electron chi connectivity index (χ0n) is 21.8. The van der Waals surface area contributed by atoms with Crippen LogP contribution in [0.1, 0.15) is 23.1 Å². The highest BCUT2D eigenvalue weighted by atomic mass is 16.3. The smallest absolute Gasteiger partial charge is 0.240 e. The molecule has 0 aliphatic heterocycles. The molecule has 5 atom stereocenters. The fraction of sp³-hybridized carbons (Fsp3) is 0.290. The molecule has 3 aromatic rings. The number of aromatic hydroxyl groups is 1. The molecule has 3 rings (SSSR count). The van der Waals surface area contributed by atoms with Gasteiger partial charge in [-0.1, -0.05) is 84.9 Å². The first-order valence-corrected chi connectivity index (χ1v) is 13.0. The van der Waals surface area contributed by atoms with Crippen molar-refractivity contribution in [3.8, 4) is 5.75 Å². The zero-order valence-corrected chi connectivity index (χ0v) is 21.8. The van der Waals surface area contributed by atoms with E-state index < -0.39 is 36.0 Å². The summed E-state index contributed by atoms with van der Waals surface area (Å²) in [5.74, 6) is -1.96. The Bertz CT molecular complexity index is 1200. The van der Waals surface area contributed by atoms with Crippen LogP contribution in [0.25, 0.3) is 0 Å². The highest BCUT2D eigenvalue weighted by Gasteiger charge is 2.29. The number of rotatable bonds is 14. The number of aliphatic hydroxyl groups is 2. The number of carbonyl (C=O) groups excluding carboxylic acids is 2. The van der Waals surface area contributed by atoms with Gasteiger partial charge in [-0.05, 0) is 48.1 Å². The lowest BCUT2D eigenvalue weighted by molar-refractivity contribution is -0.131. The summed E-state index contributed by atoms with van der Waals surface area (Å²) in [5.41, 5.74) is 14.4. The maximum absolute atomic E-state index is 13.3. The number of nitrogens with two attached hydrogens (primary N) is 2. The second kappa shape index (κ2) is 14.8. The Kier molecular flexibility index (Phi) is 11.2. The third-order valence-corrected chi connectivity index (χ3v) is 6.50. The van der Waals surface area contributed by atoms with Gasteiger partial charge in [0.1, 0.15) is 11.8 Å². The van der Waals surface area contributed by atoms with Crippen molar-refractivity contribution in [3.05, 3.63) is 114 Å². The number of aliphatic hydroxyl groups excluding tert-OH is 2. The van der Waals surface area contributed by atoms with E-state index >= 15 is 0 Å². The van der Waals surface area contributed by atoms with E-state index in [0.29, 0.717) is 6.42 Å². The average Bonchev–Trinajstić information content (AvgIpc) is 2.92. The van der Waals surface area contributed by atoms with E-state index in [2.05, 4.69) is 5.32 Å². The monoisotopic (exact) mass is 531 g/mol. The standard InChI is InChI=1S/C31H37N3O5/c32-24(17-23-11-13-25(35)14-12-23)20-26(36)15-16-29(37)27(18-21-7-3-1-4-8-21)31(39)34-28(30(33)38)19-22-9-5-2-6-10-22/h1-16,24,26-29,35-37H,17-20,32H2,(H2,33,38)(H,34,39)/b16-15+/t24-,26-,27+,28-,29-/m0/s1. The van der Waals surface area contributed by atoms with Crippen molar-refractivity contribution in [3.63, 3.8) is 0 Å². The minimum Gasteiger partial charge on any atom is -0.508 e. The second-order valence-electron chi connectivity index (χ2n) is 9.76. The highest BCUT2D eigenvalue weighted by Crippen LogP contribution is 2.17. The van der Waals surface area contributed by atoms with Gasteiger partial charge in [0.15, 0.2) is 0 Å². The van der Waals surface area contributed by atoms with E-state index in [1.807, 2.05) is 60.7 Å². The molecule has 3 aromatic carbocycles. The molecule has 0 spiro atoms. The number of primary amides is 1. The molecule has 0 saturated heterocycles. The van der Waals surface area contributed by atoms with E-state index in [9.17, 15) is 24.9 Å². The molecule has 0 heterocycles. The van der Waals surface area contributed by atoms with Crippen LogP contribution in [0.3, 0.4) is 0 Å². The lowest BCUT2D eigenvalue weighted by Crippen LogP contribution is -2.50. The minimum atomic E-state index is -1.24. The van der Waals surface area contributed by atoms with Crippen molar-refractivity contribution in [1.82, 2.24) is 5.32 Å². The molecule has 0 radical (unpaired) electrons. The number of hydrogen-bond acceptors (Lipinski definition) is 6. The molecular weight excluding hydrogens is 494 g/mol. The Hall–Kier alpha value is -3.98. The van der Waals surface area contributed by atoms with Crippen LogP contribution in [-0.4, -0.2) is 51.4 Å². The first-order chi connectivity index (χ1) is 18.7. The van der Waals surface area contributed by atoms with E-state index in [4.69, 9.17) is 11.5 Å². The molecule has 0 unspecified atom stereocenters. The number of phenols is 1. The molecule has 8 N–H and O–H groups in total. The fourth-order valence-corrected chi connectivity index (χ4v) is 4.37. The summed E-state index contributed by atoms with van der Waals surface area (Å²) in [7, 11) is 0. The van der Waals surface area contributed by atoms with Crippen LogP contribution in [0.2, 0.25) is 0 Å². The van der Waals surface area contributed by atoms with Crippen LogP contribution in [0, 0.1) is 5.92 Å². The summed E-state index contributed by atoms with van der Waals surface area (Å²) in [5, 5.41) is 33.6. The molecule has 0 aromatic heterocycles. The van der Waals surface area contributed by atoms with Crippen LogP contribution < -0.4 is 16.8 Å². The number of hydrogen-bond donors (Lipinski definition) is 6. The number of phenolic OH excluding ortho intramolecular Hbond substituents is 1. The molecule has 8 nitrogen and oxygen atoms in total. The molecule has 8 heteroatoms. The van der Waals surface area contributed by atoms with Gasteiger partial charge in [-0.2, -0.15) is 0 Å². The summed E-state index contributed by atoms with van der Waals surface area (Å²) < 4.78 is 0. The molecule has 0 saturated carbocycles. The third-order valence-electron chi connectivity index (χ3n) is 6.50. The average molecular weight is 532 g/mol. The molecule has 0 bridgehead atoms. The maximum Gasteiger partial charge on any atom is 0.240 e. The van der Waals surface area contributed by atoms with Crippen LogP contribution in [-0.2, 0) is 28.9 Å².